The van der Waals surface area contributed by atoms with E-state index in [-0.39, 0.29) is 17.0 Å². The van der Waals surface area contributed by atoms with Crippen LogP contribution in [0.5, 0.6) is 0 Å². The van der Waals surface area contributed by atoms with E-state index < -0.39 is 0 Å². The molecule has 0 unspecified atom stereocenters. The lowest BCUT2D eigenvalue weighted by atomic mass is 9.81. The van der Waals surface area contributed by atoms with Crippen LogP contribution in [0.3, 0.4) is 0 Å². The molecule has 0 atom stereocenters. The summed E-state index contributed by atoms with van der Waals surface area (Å²) < 4.78 is 26.9. The van der Waals surface area contributed by atoms with E-state index in [9.17, 15) is 8.78 Å². The fourth-order valence-corrected chi connectivity index (χ4v) is 7.19. The molecule has 0 saturated heterocycles. The van der Waals surface area contributed by atoms with Crippen molar-refractivity contribution in [2.45, 2.75) is 19.3 Å². The number of nitrogens with zero attached hydrogens (tertiary/aromatic N) is 1. The summed E-state index contributed by atoms with van der Waals surface area (Å²) in [6, 6.07) is 54.1. The van der Waals surface area contributed by atoms with Gasteiger partial charge in [0.1, 0.15) is 11.6 Å². The second-order valence-corrected chi connectivity index (χ2v) is 14.2. The Morgan fingerprint density at radius 2 is 0.722 bits per heavy atom. The third kappa shape index (κ3) is 7.35. The summed E-state index contributed by atoms with van der Waals surface area (Å²) in [7, 11) is 0. The van der Waals surface area contributed by atoms with Crippen molar-refractivity contribution < 1.29 is 8.78 Å². The SMILES string of the molecule is CC1(C)c2cc(/C=C/c3ccccc3)ccc2-c2ccc(N(c3ccc(/C=C/c4ccc(F)cc4)cc3)c3ccc(/C=C/c4ccc(F)cc4)cc3)cc21. The van der Waals surface area contributed by atoms with Gasteiger partial charge in [-0.1, -0.05) is 153 Å². The molecule has 0 aliphatic heterocycles. The van der Waals surface area contributed by atoms with E-state index in [1.165, 1.54) is 57.6 Å². The maximum absolute atomic E-state index is 13.4. The molecule has 8 rings (SSSR count). The van der Waals surface area contributed by atoms with Crippen molar-refractivity contribution >= 4 is 53.5 Å². The minimum absolute atomic E-state index is 0.201. The zero-order valence-corrected chi connectivity index (χ0v) is 30.3. The quantitative estimate of drug-likeness (QED) is 0.135. The normalized spacial score (nSPS) is 13.1. The van der Waals surface area contributed by atoms with Gasteiger partial charge in [-0.05, 0) is 116 Å². The molecule has 0 aromatic heterocycles. The monoisotopic (exact) mass is 703 g/mol. The fraction of sp³-hybridized carbons (Fsp3) is 0.0588. The molecule has 0 saturated carbocycles. The molecule has 7 aromatic carbocycles. The maximum Gasteiger partial charge on any atom is 0.123 e. The van der Waals surface area contributed by atoms with Gasteiger partial charge in [-0.25, -0.2) is 8.78 Å². The molecule has 1 aliphatic carbocycles. The highest BCUT2D eigenvalue weighted by atomic mass is 19.1. The molecule has 0 spiro atoms. The molecule has 7 aromatic rings. The van der Waals surface area contributed by atoms with E-state index in [2.05, 4.69) is 140 Å². The zero-order valence-electron chi connectivity index (χ0n) is 30.3. The zero-order chi connectivity index (χ0) is 37.1. The molecule has 1 nitrogen and oxygen atoms in total. The number of rotatable bonds is 9. The summed E-state index contributed by atoms with van der Waals surface area (Å²) in [6.07, 6.45) is 12.4. The lowest BCUT2D eigenvalue weighted by molar-refractivity contribution is 0.627. The second kappa shape index (κ2) is 14.8. The number of anilines is 3. The smallest absolute Gasteiger partial charge is 0.123 e. The highest BCUT2D eigenvalue weighted by Gasteiger charge is 2.36. The van der Waals surface area contributed by atoms with E-state index in [1.807, 2.05) is 30.4 Å². The van der Waals surface area contributed by atoms with Crippen molar-refractivity contribution in [1.29, 1.82) is 0 Å². The summed E-state index contributed by atoms with van der Waals surface area (Å²) in [6.45, 7) is 4.64. The molecule has 1 aliphatic rings. The van der Waals surface area contributed by atoms with Crippen molar-refractivity contribution in [3.63, 3.8) is 0 Å². The Labute approximate surface area is 316 Å². The van der Waals surface area contributed by atoms with Crippen LogP contribution in [-0.4, -0.2) is 0 Å². The van der Waals surface area contributed by atoms with Gasteiger partial charge in [0.2, 0.25) is 0 Å². The predicted octanol–water partition coefficient (Wildman–Crippen LogP) is 14.3. The van der Waals surface area contributed by atoms with Crippen LogP contribution < -0.4 is 4.90 Å². The van der Waals surface area contributed by atoms with Gasteiger partial charge >= 0.3 is 0 Å². The van der Waals surface area contributed by atoms with Crippen molar-refractivity contribution in [3.05, 3.63) is 220 Å². The Balaban J connectivity index is 1.13. The van der Waals surface area contributed by atoms with E-state index in [0.717, 1.165) is 39.3 Å². The highest BCUT2D eigenvalue weighted by Crippen LogP contribution is 2.51. The standard InChI is InChI=1S/C51H39F2N/c1-51(2)49-34-41(13-12-36-6-4-3-5-7-36)22-32-47(49)48-33-31-46(35-50(48)51)54(44-27-18-39(19-28-44)10-8-37-14-23-42(52)24-15-37)45-29-20-40(21-30-45)11-9-38-16-25-43(53)26-17-38/h3-35H,1-2H3/b10-8+,11-9+,13-12+. The first-order valence-corrected chi connectivity index (χ1v) is 18.2. The summed E-state index contributed by atoms with van der Waals surface area (Å²) in [5, 5.41) is 0. The van der Waals surface area contributed by atoms with E-state index in [1.54, 1.807) is 24.3 Å². The van der Waals surface area contributed by atoms with Crippen molar-refractivity contribution in [3.8, 4) is 11.1 Å². The number of hydrogen-bond donors (Lipinski definition) is 0. The summed E-state index contributed by atoms with van der Waals surface area (Å²) in [5.74, 6) is -0.485. The molecule has 3 heteroatoms. The molecule has 262 valence electrons. The first-order valence-electron chi connectivity index (χ1n) is 18.2. The number of fused-ring (bicyclic) bond motifs is 3. The van der Waals surface area contributed by atoms with E-state index >= 15 is 0 Å². The van der Waals surface area contributed by atoms with Crippen LogP contribution in [-0.2, 0) is 5.41 Å². The molecule has 0 fully saturated rings. The number of hydrogen-bond acceptors (Lipinski definition) is 1. The van der Waals surface area contributed by atoms with E-state index in [0.29, 0.717) is 0 Å². The topological polar surface area (TPSA) is 3.24 Å². The maximum atomic E-state index is 13.4. The Morgan fingerprint density at radius 3 is 1.20 bits per heavy atom. The Hall–Kier alpha value is -6.58. The number of benzene rings is 7. The van der Waals surface area contributed by atoms with Gasteiger partial charge in [-0.15, -0.1) is 0 Å². The van der Waals surface area contributed by atoms with Crippen molar-refractivity contribution in [2.75, 3.05) is 4.90 Å². The molecule has 0 amide bonds. The first kappa shape index (κ1) is 34.5. The van der Waals surface area contributed by atoms with Crippen LogP contribution in [0, 0.1) is 11.6 Å². The van der Waals surface area contributed by atoms with Crippen molar-refractivity contribution in [1.82, 2.24) is 0 Å². The summed E-state index contributed by atoms with van der Waals surface area (Å²) in [4.78, 5) is 2.30. The van der Waals surface area contributed by atoms with Crippen LogP contribution in [0.15, 0.2) is 164 Å². The molecule has 54 heavy (non-hydrogen) atoms. The molecular weight excluding hydrogens is 665 g/mol. The summed E-state index contributed by atoms with van der Waals surface area (Å²) in [5.41, 5.74) is 14.4. The van der Waals surface area contributed by atoms with Crippen molar-refractivity contribution in [2.24, 2.45) is 0 Å². The van der Waals surface area contributed by atoms with Crippen LogP contribution in [0.2, 0.25) is 0 Å². The number of halogens is 2. The van der Waals surface area contributed by atoms with Gasteiger partial charge in [0.05, 0.1) is 0 Å². The van der Waals surface area contributed by atoms with Gasteiger partial charge in [-0.3, -0.25) is 0 Å². The first-order chi connectivity index (χ1) is 26.3. The Bertz CT molecular complexity index is 2390. The van der Waals surface area contributed by atoms with Gasteiger partial charge in [-0.2, -0.15) is 0 Å². The molecule has 0 N–H and O–H groups in total. The molecule has 0 heterocycles. The predicted molar refractivity (Wildman–Crippen MR) is 225 cm³/mol. The third-order valence-corrected chi connectivity index (χ3v) is 10.2. The minimum atomic E-state index is -0.243. The second-order valence-electron chi connectivity index (χ2n) is 14.2. The van der Waals surface area contributed by atoms with Crippen LogP contribution in [0.4, 0.5) is 25.8 Å². The van der Waals surface area contributed by atoms with Crippen LogP contribution in [0.25, 0.3) is 47.6 Å². The van der Waals surface area contributed by atoms with Crippen LogP contribution >= 0.6 is 0 Å². The minimum Gasteiger partial charge on any atom is -0.310 e. The fourth-order valence-electron chi connectivity index (χ4n) is 7.19. The third-order valence-electron chi connectivity index (χ3n) is 10.2. The molecular formula is C51H39F2N. The lowest BCUT2D eigenvalue weighted by Gasteiger charge is -2.28. The highest BCUT2D eigenvalue weighted by molar-refractivity contribution is 5.87. The summed E-state index contributed by atoms with van der Waals surface area (Å²) >= 11 is 0. The Morgan fingerprint density at radius 1 is 0.370 bits per heavy atom. The van der Waals surface area contributed by atoms with E-state index in [4.69, 9.17) is 0 Å². The lowest BCUT2D eigenvalue weighted by Crippen LogP contribution is -2.16. The Kier molecular flexibility index (Phi) is 9.46. The largest absolute Gasteiger partial charge is 0.310 e. The molecule has 0 radical (unpaired) electrons. The van der Waals surface area contributed by atoms with Gasteiger partial charge < -0.3 is 4.90 Å². The van der Waals surface area contributed by atoms with Gasteiger partial charge in [0.15, 0.2) is 0 Å². The van der Waals surface area contributed by atoms with Gasteiger partial charge in [0.25, 0.3) is 0 Å². The average molecular weight is 704 g/mol. The van der Waals surface area contributed by atoms with Crippen LogP contribution in [0.1, 0.15) is 58.4 Å². The van der Waals surface area contributed by atoms with Gasteiger partial charge in [0, 0.05) is 22.5 Å². The average Bonchev–Trinajstić information content (AvgIpc) is 3.43. The molecule has 0 bridgehead atoms.